The van der Waals surface area contributed by atoms with Crippen molar-refractivity contribution in [2.75, 3.05) is 58.1 Å². The van der Waals surface area contributed by atoms with Crippen molar-refractivity contribution in [3.8, 4) is 22.6 Å². The van der Waals surface area contributed by atoms with Crippen molar-refractivity contribution in [2.45, 2.75) is 19.4 Å². The summed E-state index contributed by atoms with van der Waals surface area (Å²) in [5, 5.41) is 8.13. The molecule has 2 aromatic carbocycles. The molecule has 0 unspecified atom stereocenters. The summed E-state index contributed by atoms with van der Waals surface area (Å²) < 4.78 is 42.5. The quantitative estimate of drug-likeness (QED) is 0.220. The van der Waals surface area contributed by atoms with Gasteiger partial charge in [-0.3, -0.25) is 19.3 Å². The molecule has 2 aliphatic heterocycles. The Kier molecular flexibility index (Phi) is 9.41. The number of amides is 2. The number of aromatic amines is 1. The fourth-order valence-electron chi connectivity index (χ4n) is 6.68. The van der Waals surface area contributed by atoms with Crippen molar-refractivity contribution in [1.82, 2.24) is 34.8 Å². The topological polar surface area (TPSA) is 122 Å². The molecule has 0 bridgehead atoms. The third kappa shape index (κ3) is 6.48. The summed E-state index contributed by atoms with van der Waals surface area (Å²) in [6.45, 7) is 2.11. The molecule has 50 heavy (non-hydrogen) atoms. The van der Waals surface area contributed by atoms with Gasteiger partial charge in [0.15, 0.2) is 5.82 Å². The number of nitrogens with one attached hydrogen (secondary N) is 1. The Morgan fingerprint density at radius 1 is 0.960 bits per heavy atom. The van der Waals surface area contributed by atoms with E-state index in [9.17, 15) is 14.0 Å². The molecule has 0 spiro atoms. The molecule has 7 rings (SSSR count). The molecule has 12 nitrogen and oxygen atoms in total. The number of halogens is 2. The Hall–Kier alpha value is -5.79. The molecule has 0 radical (unpaired) electrons. The van der Waals surface area contributed by atoms with E-state index in [1.807, 2.05) is 30.3 Å². The number of pyridine rings is 1. The summed E-state index contributed by atoms with van der Waals surface area (Å²) in [4.78, 5) is 40.0. The van der Waals surface area contributed by atoms with E-state index >= 15 is 4.39 Å². The van der Waals surface area contributed by atoms with Crippen LogP contribution >= 0.6 is 0 Å². The van der Waals surface area contributed by atoms with Crippen LogP contribution in [-0.2, 0) is 11.3 Å². The number of ether oxygens (including phenoxy) is 2. The van der Waals surface area contributed by atoms with Crippen molar-refractivity contribution in [3.63, 3.8) is 0 Å². The number of para-hydroxylation sites is 2. The van der Waals surface area contributed by atoms with Crippen LogP contribution in [0.2, 0.25) is 0 Å². The van der Waals surface area contributed by atoms with Gasteiger partial charge in [0.05, 0.1) is 31.1 Å². The molecular formula is C36H36F2N8O4. The van der Waals surface area contributed by atoms with Gasteiger partial charge in [-0.25, -0.2) is 8.78 Å². The lowest BCUT2D eigenvalue weighted by atomic mass is 9.93. The Labute approximate surface area is 286 Å². The van der Waals surface area contributed by atoms with Gasteiger partial charge in [0, 0.05) is 80.8 Å². The Morgan fingerprint density at radius 2 is 1.80 bits per heavy atom. The number of fused-ring (bicyclic) bond motifs is 1. The van der Waals surface area contributed by atoms with Crippen LogP contribution in [0.5, 0.6) is 11.5 Å². The number of rotatable bonds is 10. The molecule has 0 saturated carbocycles. The van der Waals surface area contributed by atoms with Gasteiger partial charge in [0.1, 0.15) is 17.2 Å². The minimum atomic E-state index is -1.07. The summed E-state index contributed by atoms with van der Waals surface area (Å²) in [6.07, 6.45) is 8.94. The summed E-state index contributed by atoms with van der Waals surface area (Å²) in [5.41, 5.74) is 3.15. The van der Waals surface area contributed by atoms with Gasteiger partial charge in [0.2, 0.25) is 12.8 Å². The normalized spacial score (nSPS) is 14.9. The summed E-state index contributed by atoms with van der Waals surface area (Å²) >= 11 is 0. The van der Waals surface area contributed by atoms with Crippen LogP contribution < -0.4 is 14.4 Å². The number of anilines is 1. The largest absolute Gasteiger partial charge is 0.495 e. The summed E-state index contributed by atoms with van der Waals surface area (Å²) in [5.74, 6) is 0.0901. The molecule has 3 aromatic heterocycles. The number of carbonyl (C=O) groups excluding carboxylic acids is 2. The highest BCUT2D eigenvalue weighted by Gasteiger charge is 2.28. The molecule has 2 aliphatic rings. The number of methoxy groups -OCH3 is 1. The van der Waals surface area contributed by atoms with Gasteiger partial charge in [-0.1, -0.05) is 23.4 Å². The van der Waals surface area contributed by atoms with Gasteiger partial charge < -0.3 is 29.2 Å². The summed E-state index contributed by atoms with van der Waals surface area (Å²) in [6, 6.07) is 12.6. The van der Waals surface area contributed by atoms with Crippen LogP contribution in [0, 0.1) is 5.82 Å². The van der Waals surface area contributed by atoms with Crippen LogP contribution in [0.25, 0.3) is 27.6 Å². The van der Waals surface area contributed by atoms with E-state index in [4.69, 9.17) is 9.47 Å². The van der Waals surface area contributed by atoms with Gasteiger partial charge in [-0.2, -0.15) is 0 Å². The third-order valence-corrected chi connectivity index (χ3v) is 9.23. The Bertz CT molecular complexity index is 2040. The van der Waals surface area contributed by atoms with Gasteiger partial charge in [-0.05, 0) is 47.9 Å². The van der Waals surface area contributed by atoms with E-state index < -0.39 is 12.7 Å². The van der Waals surface area contributed by atoms with E-state index in [1.165, 1.54) is 12.4 Å². The van der Waals surface area contributed by atoms with Gasteiger partial charge in [0.25, 0.3) is 5.91 Å². The molecule has 1 saturated heterocycles. The van der Waals surface area contributed by atoms with Crippen LogP contribution in [0.15, 0.2) is 73.3 Å². The molecule has 0 aliphatic carbocycles. The number of hydrogen-bond donors (Lipinski definition) is 1. The third-order valence-electron chi connectivity index (χ3n) is 9.23. The fourth-order valence-corrected chi connectivity index (χ4v) is 6.68. The number of aryl methyl sites for hydroxylation is 1. The van der Waals surface area contributed by atoms with Gasteiger partial charge >= 0.3 is 0 Å². The monoisotopic (exact) mass is 682 g/mol. The lowest BCUT2D eigenvalue weighted by molar-refractivity contribution is -0.131. The van der Waals surface area contributed by atoms with Crippen LogP contribution in [-0.4, -0.2) is 99.8 Å². The maximum absolute atomic E-state index is 16.6. The molecule has 14 heteroatoms. The maximum atomic E-state index is 16.6. The SMILES string of the molecule is COc1ccccc1N1CCN(C(=O)c2cc3c(-c4cnccc4OCF)cc(C4=CCCN(C(=O)CCn5ccnn5)C4)c(F)c3[nH]2)CC1. The van der Waals surface area contributed by atoms with Crippen molar-refractivity contribution >= 4 is 34.0 Å². The van der Waals surface area contributed by atoms with E-state index in [2.05, 4.69) is 25.2 Å². The number of benzene rings is 2. The summed E-state index contributed by atoms with van der Waals surface area (Å²) in [7, 11) is 1.63. The van der Waals surface area contributed by atoms with Crippen LogP contribution in [0.4, 0.5) is 14.5 Å². The van der Waals surface area contributed by atoms with Gasteiger partial charge in [-0.15, -0.1) is 5.10 Å². The lowest BCUT2D eigenvalue weighted by Crippen LogP contribution is -2.49. The van der Waals surface area contributed by atoms with Crippen molar-refractivity contribution in [3.05, 3.63) is 90.4 Å². The molecule has 0 atom stereocenters. The molecule has 1 N–H and O–H groups in total. The molecule has 5 aromatic rings. The lowest BCUT2D eigenvalue weighted by Gasteiger charge is -2.36. The first-order chi connectivity index (χ1) is 24.4. The first kappa shape index (κ1) is 32.7. The number of piperazine rings is 1. The molecular weight excluding hydrogens is 646 g/mol. The number of alkyl halides is 1. The number of H-pyrrole nitrogens is 1. The van der Waals surface area contributed by atoms with Crippen molar-refractivity contribution in [1.29, 1.82) is 0 Å². The van der Waals surface area contributed by atoms with E-state index in [-0.39, 0.29) is 47.3 Å². The highest BCUT2D eigenvalue weighted by molar-refractivity contribution is 6.05. The van der Waals surface area contributed by atoms with Crippen LogP contribution in [0.3, 0.4) is 0 Å². The van der Waals surface area contributed by atoms with Crippen LogP contribution in [0.1, 0.15) is 28.9 Å². The molecule has 1 fully saturated rings. The molecule has 2 amide bonds. The van der Waals surface area contributed by atoms with Crippen molar-refractivity contribution in [2.24, 2.45) is 0 Å². The first-order valence-electron chi connectivity index (χ1n) is 16.4. The highest BCUT2D eigenvalue weighted by atomic mass is 19.1. The average molecular weight is 683 g/mol. The number of aromatic nitrogens is 5. The number of carbonyl (C=O) groups is 2. The predicted molar refractivity (Wildman–Crippen MR) is 183 cm³/mol. The first-order valence-corrected chi connectivity index (χ1v) is 16.4. The zero-order valence-corrected chi connectivity index (χ0v) is 27.5. The minimum Gasteiger partial charge on any atom is -0.495 e. The highest BCUT2D eigenvalue weighted by Crippen LogP contribution is 2.40. The second kappa shape index (κ2) is 14.4. The predicted octanol–water partition coefficient (Wildman–Crippen LogP) is 4.94. The smallest absolute Gasteiger partial charge is 0.270 e. The zero-order valence-electron chi connectivity index (χ0n) is 27.5. The fraction of sp³-hybridized carbons (Fsp3) is 0.306. The second-order valence-corrected chi connectivity index (χ2v) is 12.1. The maximum Gasteiger partial charge on any atom is 0.270 e. The van der Waals surface area contributed by atoms with E-state index in [1.54, 1.807) is 52.2 Å². The standard InChI is InChI=1S/C36H36F2N8O4/c1-49-32-7-3-2-6-30(32)43-15-17-44(18-16-43)36(48)29-20-27-26(28-21-39-10-8-31(28)50-23-37)19-25(34(38)35(27)41-29)24-5-4-12-45(22-24)33(47)9-13-46-14-11-40-42-46/h2-3,5-8,10-11,14,19-21,41H,4,9,12-13,15-18,22-23H2,1H3. The Balaban J connectivity index is 1.20. The average Bonchev–Trinajstić information content (AvgIpc) is 3.86. The number of hydrogen-bond acceptors (Lipinski definition) is 8. The second-order valence-electron chi connectivity index (χ2n) is 12.1. The van der Waals surface area contributed by atoms with E-state index in [0.29, 0.717) is 67.8 Å². The number of nitrogens with zero attached hydrogens (tertiary/aromatic N) is 7. The Morgan fingerprint density at radius 3 is 2.58 bits per heavy atom. The molecule has 5 heterocycles. The minimum absolute atomic E-state index is 0.0859. The zero-order chi connectivity index (χ0) is 34.6. The van der Waals surface area contributed by atoms with E-state index in [0.717, 1.165) is 11.4 Å². The van der Waals surface area contributed by atoms with Crippen molar-refractivity contribution < 1.29 is 27.8 Å². The molecule has 258 valence electrons.